The van der Waals surface area contributed by atoms with Crippen LogP contribution in [0, 0.1) is 0 Å². The first kappa shape index (κ1) is 17.2. The van der Waals surface area contributed by atoms with Crippen LogP contribution in [0.5, 0.6) is 0 Å². The van der Waals surface area contributed by atoms with Crippen molar-refractivity contribution >= 4 is 27.5 Å². The second-order valence-corrected chi connectivity index (χ2v) is 7.08. The Hall–Kier alpha value is -3.25. The van der Waals surface area contributed by atoms with Crippen molar-refractivity contribution in [1.82, 2.24) is 9.55 Å². The summed E-state index contributed by atoms with van der Waals surface area (Å²) in [5, 5.41) is 13.5. The van der Waals surface area contributed by atoms with E-state index < -0.39 is 12.0 Å². The average molecular weight is 375 g/mol. The molecule has 5 nitrogen and oxygen atoms in total. The highest BCUT2D eigenvalue weighted by Crippen LogP contribution is 2.32. The predicted octanol–water partition coefficient (Wildman–Crippen LogP) is 3.10. The number of carbonyl (C=O) groups excluding carboxylic acids is 1. The summed E-state index contributed by atoms with van der Waals surface area (Å²) in [6, 6.07) is 16.9. The van der Waals surface area contributed by atoms with E-state index >= 15 is 0 Å². The third-order valence-corrected chi connectivity index (χ3v) is 5.47. The molecule has 0 bridgehead atoms. The molecule has 0 saturated heterocycles. The van der Waals surface area contributed by atoms with Crippen molar-refractivity contribution in [2.75, 3.05) is 0 Å². The van der Waals surface area contributed by atoms with Gasteiger partial charge in [0.1, 0.15) is 4.83 Å². The highest BCUT2D eigenvalue weighted by Gasteiger charge is 2.16. The molecule has 6 heteroatoms. The zero-order chi connectivity index (χ0) is 19.0. The van der Waals surface area contributed by atoms with Gasteiger partial charge in [0.25, 0.3) is 5.56 Å². The molecule has 4 aromatic rings. The number of aliphatic carboxylic acids is 1. The molecular weight excluding hydrogens is 360 g/mol. The first-order valence-electron chi connectivity index (χ1n) is 8.41. The summed E-state index contributed by atoms with van der Waals surface area (Å²) >= 11 is 1.36. The van der Waals surface area contributed by atoms with Crippen molar-refractivity contribution < 1.29 is 9.90 Å². The maximum absolute atomic E-state index is 12.9. The van der Waals surface area contributed by atoms with E-state index in [0.717, 1.165) is 26.8 Å². The fourth-order valence-electron chi connectivity index (χ4n) is 3.02. The van der Waals surface area contributed by atoms with E-state index in [4.69, 9.17) is 0 Å². The van der Waals surface area contributed by atoms with Crippen LogP contribution in [0.1, 0.15) is 13.0 Å². The zero-order valence-electron chi connectivity index (χ0n) is 14.5. The van der Waals surface area contributed by atoms with Crippen molar-refractivity contribution in [3.8, 4) is 22.3 Å². The topological polar surface area (TPSA) is 75.0 Å². The van der Waals surface area contributed by atoms with Gasteiger partial charge >= 0.3 is 0 Å². The smallest absolute Gasteiger partial charge is 0.263 e. The van der Waals surface area contributed by atoms with Crippen LogP contribution < -0.4 is 10.7 Å². The van der Waals surface area contributed by atoms with E-state index in [0.29, 0.717) is 10.2 Å². The summed E-state index contributed by atoms with van der Waals surface area (Å²) in [5.41, 5.74) is 3.47. The Kier molecular flexibility index (Phi) is 4.33. The van der Waals surface area contributed by atoms with Crippen LogP contribution in [0.2, 0.25) is 0 Å². The lowest BCUT2D eigenvalue weighted by Gasteiger charge is -2.15. The molecule has 0 aliphatic heterocycles. The molecule has 0 radical (unpaired) electrons. The normalized spacial score (nSPS) is 12.2. The van der Waals surface area contributed by atoms with E-state index in [1.807, 2.05) is 60.0 Å². The van der Waals surface area contributed by atoms with Crippen LogP contribution in [0.4, 0.5) is 0 Å². The lowest BCUT2D eigenvalue weighted by atomic mass is 10.0. The highest BCUT2D eigenvalue weighted by molar-refractivity contribution is 7.17. The molecule has 4 rings (SSSR count). The number of hydrogen-bond acceptors (Lipinski definition) is 5. The van der Waals surface area contributed by atoms with Crippen molar-refractivity contribution in [3.63, 3.8) is 0 Å². The summed E-state index contributed by atoms with van der Waals surface area (Å²) in [4.78, 5) is 28.8. The van der Waals surface area contributed by atoms with Gasteiger partial charge in [0.05, 0.1) is 23.7 Å². The summed E-state index contributed by atoms with van der Waals surface area (Å²) in [7, 11) is 0. The SMILES string of the molecule is CC(C(=O)[O-])n1cnc2scc(-c3ccc(-c4ccccc4)cc3)c2c1=O. The molecule has 2 aromatic carbocycles. The lowest BCUT2D eigenvalue weighted by Crippen LogP contribution is -2.36. The Balaban J connectivity index is 1.81. The predicted molar refractivity (Wildman–Crippen MR) is 104 cm³/mol. The second-order valence-electron chi connectivity index (χ2n) is 6.22. The Morgan fingerprint density at radius 3 is 2.33 bits per heavy atom. The zero-order valence-corrected chi connectivity index (χ0v) is 15.3. The maximum Gasteiger partial charge on any atom is 0.263 e. The number of carbonyl (C=O) groups is 1. The average Bonchev–Trinajstić information content (AvgIpc) is 3.13. The summed E-state index contributed by atoms with van der Waals surface area (Å²) in [6.07, 6.45) is 1.27. The molecule has 0 N–H and O–H groups in total. The van der Waals surface area contributed by atoms with Crippen LogP contribution in [0.15, 0.2) is 71.1 Å². The third-order valence-electron chi connectivity index (χ3n) is 4.58. The second kappa shape index (κ2) is 6.81. The van der Waals surface area contributed by atoms with E-state index in [1.165, 1.54) is 24.6 Å². The summed E-state index contributed by atoms with van der Waals surface area (Å²) in [5.74, 6) is -1.32. The monoisotopic (exact) mass is 375 g/mol. The minimum Gasteiger partial charge on any atom is -0.548 e. The molecule has 0 aliphatic rings. The van der Waals surface area contributed by atoms with Crippen LogP contribution in [-0.4, -0.2) is 15.5 Å². The van der Waals surface area contributed by atoms with Gasteiger partial charge in [-0.25, -0.2) is 4.98 Å². The van der Waals surface area contributed by atoms with Gasteiger partial charge in [0.15, 0.2) is 0 Å². The van der Waals surface area contributed by atoms with Gasteiger partial charge in [-0.2, -0.15) is 0 Å². The van der Waals surface area contributed by atoms with E-state index in [-0.39, 0.29) is 5.56 Å². The first-order valence-corrected chi connectivity index (χ1v) is 9.29. The number of benzene rings is 2. The fraction of sp³-hybridized carbons (Fsp3) is 0.0952. The molecular formula is C21H15N2O3S-. The molecule has 0 amide bonds. The summed E-state index contributed by atoms with van der Waals surface area (Å²) < 4.78 is 1.10. The van der Waals surface area contributed by atoms with Gasteiger partial charge < -0.3 is 9.90 Å². The van der Waals surface area contributed by atoms with Crippen LogP contribution in [-0.2, 0) is 4.79 Å². The van der Waals surface area contributed by atoms with Crippen molar-refractivity contribution in [2.45, 2.75) is 13.0 Å². The van der Waals surface area contributed by atoms with Crippen molar-refractivity contribution in [2.24, 2.45) is 0 Å². The van der Waals surface area contributed by atoms with Gasteiger partial charge in [-0.3, -0.25) is 9.36 Å². The Labute approximate surface area is 159 Å². The summed E-state index contributed by atoms with van der Waals surface area (Å²) in [6.45, 7) is 1.41. The molecule has 134 valence electrons. The van der Waals surface area contributed by atoms with Gasteiger partial charge in [-0.1, -0.05) is 54.6 Å². The number of rotatable bonds is 4. The molecule has 1 unspecified atom stereocenters. The Morgan fingerprint density at radius 1 is 1.04 bits per heavy atom. The number of thiophene rings is 1. The van der Waals surface area contributed by atoms with Gasteiger partial charge in [0, 0.05) is 10.9 Å². The number of carboxylic acid groups (broad SMARTS) is 1. The van der Waals surface area contributed by atoms with E-state index in [9.17, 15) is 14.7 Å². The molecule has 1 atom stereocenters. The lowest BCUT2D eigenvalue weighted by molar-refractivity contribution is -0.309. The van der Waals surface area contributed by atoms with Gasteiger partial charge in [-0.15, -0.1) is 11.3 Å². The van der Waals surface area contributed by atoms with Gasteiger partial charge in [-0.05, 0) is 23.6 Å². The highest BCUT2D eigenvalue weighted by atomic mass is 32.1. The van der Waals surface area contributed by atoms with Crippen molar-refractivity contribution in [3.05, 3.63) is 76.7 Å². The first-order chi connectivity index (χ1) is 13.1. The van der Waals surface area contributed by atoms with Crippen LogP contribution in [0.25, 0.3) is 32.5 Å². The number of fused-ring (bicyclic) bond motifs is 1. The number of aromatic nitrogens is 2. The molecule has 27 heavy (non-hydrogen) atoms. The molecule has 0 fully saturated rings. The molecule has 0 saturated carbocycles. The van der Waals surface area contributed by atoms with E-state index in [2.05, 4.69) is 4.98 Å². The van der Waals surface area contributed by atoms with E-state index in [1.54, 1.807) is 0 Å². The van der Waals surface area contributed by atoms with Crippen LogP contribution in [0.3, 0.4) is 0 Å². The number of carboxylic acids is 1. The Morgan fingerprint density at radius 2 is 1.67 bits per heavy atom. The van der Waals surface area contributed by atoms with Gasteiger partial charge in [0.2, 0.25) is 0 Å². The molecule has 2 aromatic heterocycles. The molecule has 0 spiro atoms. The standard InChI is InChI=1S/C21H16N2O3S/c1-13(21(25)26)23-12-22-19-18(20(23)24)17(11-27-19)16-9-7-15(8-10-16)14-5-3-2-4-6-14/h2-13H,1H3,(H,25,26)/p-1. The van der Waals surface area contributed by atoms with Crippen LogP contribution >= 0.6 is 11.3 Å². The number of hydrogen-bond donors (Lipinski definition) is 0. The largest absolute Gasteiger partial charge is 0.548 e. The third kappa shape index (κ3) is 3.04. The minimum atomic E-state index is -1.32. The molecule has 0 aliphatic carbocycles. The number of nitrogens with zero attached hydrogens (tertiary/aromatic N) is 2. The Bertz CT molecular complexity index is 1180. The maximum atomic E-state index is 12.9. The fourth-order valence-corrected chi connectivity index (χ4v) is 3.93. The minimum absolute atomic E-state index is 0.375. The quantitative estimate of drug-likeness (QED) is 0.549. The molecule has 2 heterocycles. The van der Waals surface area contributed by atoms with Crippen molar-refractivity contribution in [1.29, 1.82) is 0 Å².